The lowest BCUT2D eigenvalue weighted by Gasteiger charge is -2.43. The Morgan fingerprint density at radius 2 is 1.62 bits per heavy atom. The van der Waals surface area contributed by atoms with Crippen LogP contribution in [-0.2, 0) is 14.4 Å². The van der Waals surface area contributed by atoms with Crippen molar-refractivity contribution in [2.45, 2.75) is 22.6 Å². The van der Waals surface area contributed by atoms with E-state index in [2.05, 4.69) is 26.2 Å². The first-order valence-electron chi connectivity index (χ1n) is 15.9. The molecular weight excluding hydrogens is 710 g/mol. The predicted molar refractivity (Wildman–Crippen MR) is 190 cm³/mol. The Hall–Kier alpha value is -4.19. The number of ether oxygens (including phenoxy) is 1. The van der Waals surface area contributed by atoms with Crippen molar-refractivity contribution in [3.63, 3.8) is 0 Å². The molecule has 240 valence electrons. The Balaban J connectivity index is 1.03. The fourth-order valence-electron chi connectivity index (χ4n) is 8.74. The number of carbonyl (C=O) groups is 3. The minimum Gasteiger partial charge on any atom is -0.483 e. The number of aromatic nitrogens is 1. The Kier molecular flexibility index (Phi) is 7.14. The van der Waals surface area contributed by atoms with Crippen LogP contribution in [0, 0.1) is 29.6 Å². The summed E-state index contributed by atoms with van der Waals surface area (Å²) in [4.78, 5) is 59.2. The number of thioether (sulfide) groups is 1. The number of nitrogens with zero attached hydrogens (tertiary/aromatic N) is 1. The molecule has 0 spiro atoms. The molecule has 3 heterocycles. The molecule has 11 heteroatoms. The standard InChI is InChI=1S/C37H28BrN3O5S2/c38-19-12-14-20(15-13-19)41-35(43)30-23-16-24(31(30)36(41)44)32-29(23)28(33-34(47-32)40-37(45)48-33)22-9-3-4-11-26(22)46-17-27(42)39-25-10-5-7-18-6-1-2-8-21(18)25/h1-15,23-24,28-32H,16-17H2,(H,39,42)(H,40,45)/t23?,24?,28-,29?,30?,31?,32?/m1/s1. The van der Waals surface area contributed by atoms with Crippen LogP contribution in [0.15, 0.2) is 105 Å². The van der Waals surface area contributed by atoms with E-state index in [1.807, 2.05) is 78.9 Å². The van der Waals surface area contributed by atoms with Crippen molar-refractivity contribution in [2.24, 2.45) is 29.6 Å². The van der Waals surface area contributed by atoms with Crippen LogP contribution in [0.2, 0.25) is 0 Å². The maximum atomic E-state index is 14.1. The van der Waals surface area contributed by atoms with Crippen molar-refractivity contribution >= 4 is 78.9 Å². The molecule has 4 aliphatic rings. The monoisotopic (exact) mass is 737 g/mol. The highest BCUT2D eigenvalue weighted by atomic mass is 79.9. The van der Waals surface area contributed by atoms with Crippen LogP contribution >= 0.6 is 39.0 Å². The van der Waals surface area contributed by atoms with E-state index >= 15 is 0 Å². The van der Waals surface area contributed by atoms with Gasteiger partial charge in [0.25, 0.3) is 5.91 Å². The van der Waals surface area contributed by atoms with E-state index in [-0.39, 0.29) is 64.0 Å². The molecule has 2 bridgehead atoms. The summed E-state index contributed by atoms with van der Waals surface area (Å²) < 4.78 is 7.14. The summed E-state index contributed by atoms with van der Waals surface area (Å²) in [5.74, 6) is -1.01. The first-order valence-corrected chi connectivity index (χ1v) is 18.4. The molecular formula is C37H28BrN3O5S2. The summed E-state index contributed by atoms with van der Waals surface area (Å²) in [5.41, 5.74) is 2.19. The molecule has 2 aliphatic heterocycles. The Bertz CT molecular complexity index is 2190. The van der Waals surface area contributed by atoms with E-state index in [1.165, 1.54) is 16.2 Å². The largest absolute Gasteiger partial charge is 0.483 e. The smallest absolute Gasteiger partial charge is 0.305 e. The third kappa shape index (κ3) is 4.62. The van der Waals surface area contributed by atoms with Crippen LogP contribution in [0.25, 0.3) is 10.8 Å². The van der Waals surface area contributed by atoms with E-state index in [4.69, 9.17) is 4.74 Å². The minimum absolute atomic E-state index is 0.00510. The van der Waals surface area contributed by atoms with Crippen molar-refractivity contribution < 1.29 is 19.1 Å². The summed E-state index contributed by atoms with van der Waals surface area (Å²) in [5, 5.41) is 5.85. The molecule has 2 saturated carbocycles. The highest BCUT2D eigenvalue weighted by molar-refractivity contribution is 9.10. The van der Waals surface area contributed by atoms with Gasteiger partial charge >= 0.3 is 4.87 Å². The normalized spacial score (nSPS) is 26.8. The molecule has 2 aliphatic carbocycles. The number of carbonyl (C=O) groups excluding carboxylic acids is 3. The number of imide groups is 1. The summed E-state index contributed by atoms with van der Waals surface area (Å²) in [6.07, 6.45) is 0.787. The van der Waals surface area contributed by atoms with E-state index in [0.29, 0.717) is 17.1 Å². The topological polar surface area (TPSA) is 109 Å². The molecule has 7 atom stereocenters. The molecule has 8 nitrogen and oxygen atoms in total. The van der Waals surface area contributed by atoms with Crippen molar-refractivity contribution in [3.8, 4) is 5.75 Å². The van der Waals surface area contributed by atoms with Gasteiger partial charge in [-0.25, -0.2) is 0 Å². The van der Waals surface area contributed by atoms with Crippen molar-refractivity contribution in [1.82, 2.24) is 4.98 Å². The number of hydrogen-bond acceptors (Lipinski definition) is 7. The van der Waals surface area contributed by atoms with Crippen molar-refractivity contribution in [1.29, 1.82) is 0 Å². The molecule has 0 radical (unpaired) electrons. The Morgan fingerprint density at radius 3 is 2.46 bits per heavy atom. The highest BCUT2D eigenvalue weighted by Crippen LogP contribution is 2.69. The fraction of sp³-hybridized carbons (Fsp3) is 0.243. The van der Waals surface area contributed by atoms with Gasteiger partial charge in [-0.2, -0.15) is 0 Å². The first kappa shape index (κ1) is 29.9. The van der Waals surface area contributed by atoms with Gasteiger partial charge in [0.2, 0.25) is 11.8 Å². The van der Waals surface area contributed by atoms with Crippen LogP contribution < -0.4 is 19.8 Å². The predicted octanol–water partition coefficient (Wildman–Crippen LogP) is 7.05. The molecule has 3 fully saturated rings. The maximum Gasteiger partial charge on any atom is 0.305 e. The Labute approximate surface area is 292 Å². The maximum absolute atomic E-state index is 14.1. The summed E-state index contributed by atoms with van der Waals surface area (Å²) >= 11 is 6.29. The van der Waals surface area contributed by atoms with Crippen LogP contribution in [0.5, 0.6) is 5.75 Å². The number of benzene rings is 4. The fourth-order valence-corrected chi connectivity index (χ4v) is 11.9. The zero-order valence-corrected chi connectivity index (χ0v) is 28.5. The van der Waals surface area contributed by atoms with Gasteiger partial charge < -0.3 is 15.0 Å². The second-order valence-electron chi connectivity index (χ2n) is 12.9. The van der Waals surface area contributed by atoms with Crippen LogP contribution in [0.3, 0.4) is 0 Å². The quantitative estimate of drug-likeness (QED) is 0.181. The second kappa shape index (κ2) is 11.5. The lowest BCUT2D eigenvalue weighted by atomic mass is 9.68. The molecule has 6 unspecified atom stereocenters. The third-order valence-electron chi connectivity index (χ3n) is 10.5. The number of fused-ring (bicyclic) bond motifs is 10. The van der Waals surface area contributed by atoms with Gasteiger partial charge in [0, 0.05) is 37.2 Å². The van der Waals surface area contributed by atoms with Gasteiger partial charge in [-0.1, -0.05) is 81.9 Å². The van der Waals surface area contributed by atoms with Gasteiger partial charge in [-0.15, -0.1) is 11.8 Å². The van der Waals surface area contributed by atoms with Crippen LogP contribution in [0.1, 0.15) is 22.8 Å². The number of aromatic amines is 1. The minimum atomic E-state index is -0.410. The molecule has 3 amide bonds. The molecule has 48 heavy (non-hydrogen) atoms. The van der Waals surface area contributed by atoms with Gasteiger partial charge in [0.1, 0.15) is 5.75 Å². The first-order chi connectivity index (χ1) is 23.4. The zero-order chi connectivity index (χ0) is 32.7. The molecule has 9 rings (SSSR count). The molecule has 4 aromatic carbocycles. The second-order valence-corrected chi connectivity index (χ2v) is 16.0. The SMILES string of the molecule is O=C(COc1ccccc1[C@H]1c2sc(=O)[nH]c2SC2C3CC(C4C(=O)N(c5ccc(Br)cc5)C(=O)C34)C21)Nc1cccc2ccccc12. The number of H-pyrrole nitrogens is 1. The van der Waals surface area contributed by atoms with Crippen LogP contribution in [-0.4, -0.2) is 34.6 Å². The number of rotatable bonds is 6. The van der Waals surface area contributed by atoms with Crippen molar-refractivity contribution in [2.75, 3.05) is 16.8 Å². The number of amides is 3. The Morgan fingerprint density at radius 1 is 0.896 bits per heavy atom. The highest BCUT2D eigenvalue weighted by Gasteiger charge is 2.69. The molecule has 1 aromatic heterocycles. The average Bonchev–Trinajstić information content (AvgIpc) is 3.83. The third-order valence-corrected chi connectivity index (χ3v) is 13.6. The van der Waals surface area contributed by atoms with Crippen LogP contribution in [0.4, 0.5) is 11.4 Å². The van der Waals surface area contributed by atoms with Gasteiger partial charge in [-0.3, -0.25) is 24.1 Å². The van der Waals surface area contributed by atoms with Gasteiger partial charge in [-0.05, 0) is 66.0 Å². The molecule has 5 aromatic rings. The summed E-state index contributed by atoms with van der Waals surface area (Å²) in [7, 11) is 0. The number of para-hydroxylation sites is 1. The lowest BCUT2D eigenvalue weighted by Crippen LogP contribution is -2.42. The number of hydrogen-bond donors (Lipinski definition) is 2. The summed E-state index contributed by atoms with van der Waals surface area (Å²) in [6.45, 7) is -0.197. The van der Waals surface area contributed by atoms with E-state index in [0.717, 1.165) is 37.1 Å². The molecule has 2 N–H and O–H groups in total. The van der Waals surface area contributed by atoms with E-state index in [9.17, 15) is 19.2 Å². The number of anilines is 2. The number of thiazole rings is 1. The molecule has 1 saturated heterocycles. The lowest BCUT2D eigenvalue weighted by molar-refractivity contribution is -0.123. The zero-order valence-electron chi connectivity index (χ0n) is 25.3. The number of nitrogens with one attached hydrogen (secondary N) is 2. The van der Waals surface area contributed by atoms with E-state index < -0.39 is 5.92 Å². The van der Waals surface area contributed by atoms with Gasteiger partial charge in [0.15, 0.2) is 6.61 Å². The average molecular weight is 739 g/mol. The van der Waals surface area contributed by atoms with Crippen molar-refractivity contribution in [3.05, 3.63) is 116 Å². The van der Waals surface area contributed by atoms with Gasteiger partial charge in [0.05, 0.1) is 22.5 Å². The van der Waals surface area contributed by atoms with E-state index in [1.54, 1.807) is 23.9 Å². The number of halogens is 1. The summed E-state index contributed by atoms with van der Waals surface area (Å²) in [6, 6.07) is 28.6.